The highest BCUT2D eigenvalue weighted by Gasteiger charge is 2.10. The SMILES string of the molecule is CCCCc1ccc(NC(=O)c2cccnc2Cl)cc1.O=C(O)O. The summed E-state index contributed by atoms with van der Waals surface area (Å²) in [7, 11) is 0. The summed E-state index contributed by atoms with van der Waals surface area (Å²) in [5.41, 5.74) is 2.42. The molecule has 6 nitrogen and oxygen atoms in total. The number of amides is 1. The van der Waals surface area contributed by atoms with E-state index in [0.29, 0.717) is 5.56 Å². The lowest BCUT2D eigenvalue weighted by Gasteiger charge is -2.07. The van der Waals surface area contributed by atoms with Gasteiger partial charge in [0.2, 0.25) is 0 Å². The van der Waals surface area contributed by atoms with Crippen LogP contribution in [0.4, 0.5) is 10.5 Å². The Labute approximate surface area is 145 Å². The maximum absolute atomic E-state index is 12.1. The topological polar surface area (TPSA) is 99.5 Å². The van der Waals surface area contributed by atoms with Crippen molar-refractivity contribution in [2.24, 2.45) is 0 Å². The van der Waals surface area contributed by atoms with E-state index in [9.17, 15) is 4.79 Å². The largest absolute Gasteiger partial charge is 0.503 e. The summed E-state index contributed by atoms with van der Waals surface area (Å²) in [6, 6.07) is 11.2. The molecule has 0 saturated carbocycles. The van der Waals surface area contributed by atoms with Crippen LogP contribution in [0.25, 0.3) is 0 Å². The van der Waals surface area contributed by atoms with Gasteiger partial charge < -0.3 is 15.5 Å². The van der Waals surface area contributed by atoms with E-state index in [4.69, 9.17) is 26.6 Å². The fourth-order valence-electron chi connectivity index (χ4n) is 1.89. The molecular weight excluding hydrogens is 332 g/mol. The van der Waals surface area contributed by atoms with Crippen LogP contribution in [0.3, 0.4) is 0 Å². The van der Waals surface area contributed by atoms with Gasteiger partial charge in [-0.15, -0.1) is 0 Å². The molecule has 0 unspecified atom stereocenters. The molecule has 0 radical (unpaired) electrons. The number of hydrogen-bond acceptors (Lipinski definition) is 3. The molecule has 0 fully saturated rings. The summed E-state index contributed by atoms with van der Waals surface area (Å²) in [5.74, 6) is -0.246. The van der Waals surface area contributed by atoms with Gasteiger partial charge >= 0.3 is 6.16 Å². The van der Waals surface area contributed by atoms with E-state index >= 15 is 0 Å². The van der Waals surface area contributed by atoms with Gasteiger partial charge in [0.15, 0.2) is 0 Å². The van der Waals surface area contributed by atoms with Crippen molar-refractivity contribution in [1.82, 2.24) is 4.98 Å². The number of carboxylic acid groups (broad SMARTS) is 2. The molecule has 1 aromatic carbocycles. The standard InChI is InChI=1S/C16H17ClN2O.CH2O3/c1-2-3-5-12-7-9-13(10-8-12)19-16(20)14-6-4-11-18-15(14)17;2-1(3)4/h4,6-11H,2-3,5H2,1H3,(H,19,20);(H2,2,3,4). The summed E-state index contributed by atoms with van der Waals surface area (Å²) in [6.45, 7) is 2.17. The van der Waals surface area contributed by atoms with E-state index in [1.54, 1.807) is 18.3 Å². The predicted molar refractivity (Wildman–Crippen MR) is 92.9 cm³/mol. The first-order chi connectivity index (χ1) is 11.4. The number of anilines is 1. The normalized spacial score (nSPS) is 9.58. The number of unbranched alkanes of at least 4 members (excludes halogenated alkanes) is 1. The highest BCUT2D eigenvalue weighted by molar-refractivity contribution is 6.33. The third-order valence-electron chi connectivity index (χ3n) is 3.03. The molecule has 128 valence electrons. The zero-order valence-corrected chi connectivity index (χ0v) is 14.0. The molecule has 0 bridgehead atoms. The fourth-order valence-corrected chi connectivity index (χ4v) is 2.09. The summed E-state index contributed by atoms with van der Waals surface area (Å²) in [4.78, 5) is 24.5. The Bertz CT molecular complexity index is 671. The molecule has 1 aromatic heterocycles. The summed E-state index contributed by atoms with van der Waals surface area (Å²) in [6.07, 6.45) is 3.15. The van der Waals surface area contributed by atoms with E-state index < -0.39 is 6.16 Å². The van der Waals surface area contributed by atoms with Crippen LogP contribution in [0, 0.1) is 0 Å². The molecule has 0 aliphatic heterocycles. The maximum Gasteiger partial charge on any atom is 0.503 e. The van der Waals surface area contributed by atoms with Gasteiger partial charge in [-0.1, -0.05) is 37.1 Å². The Morgan fingerprint density at radius 2 is 1.79 bits per heavy atom. The Morgan fingerprint density at radius 1 is 1.17 bits per heavy atom. The second-order valence-electron chi connectivity index (χ2n) is 4.88. The number of nitrogens with zero attached hydrogens (tertiary/aromatic N) is 1. The minimum absolute atomic E-state index is 0.213. The van der Waals surface area contributed by atoms with Crippen LogP contribution in [0.2, 0.25) is 5.15 Å². The Morgan fingerprint density at radius 3 is 2.33 bits per heavy atom. The van der Waals surface area contributed by atoms with Crippen molar-refractivity contribution in [3.63, 3.8) is 0 Å². The number of pyridine rings is 1. The second-order valence-corrected chi connectivity index (χ2v) is 5.24. The number of rotatable bonds is 5. The third kappa shape index (κ3) is 7.11. The molecule has 0 aliphatic carbocycles. The highest BCUT2D eigenvalue weighted by Crippen LogP contribution is 2.16. The number of carbonyl (C=O) groups excluding carboxylic acids is 1. The van der Waals surface area contributed by atoms with Crippen molar-refractivity contribution < 1.29 is 19.8 Å². The maximum atomic E-state index is 12.1. The number of halogens is 1. The molecule has 0 aliphatic rings. The average Bonchev–Trinajstić information content (AvgIpc) is 2.54. The van der Waals surface area contributed by atoms with Gasteiger partial charge in [-0.2, -0.15) is 0 Å². The summed E-state index contributed by atoms with van der Waals surface area (Å²) < 4.78 is 0. The van der Waals surface area contributed by atoms with Crippen LogP contribution in [-0.2, 0) is 6.42 Å². The fraction of sp³-hybridized carbons (Fsp3) is 0.235. The third-order valence-corrected chi connectivity index (χ3v) is 3.34. The number of benzene rings is 1. The lowest BCUT2D eigenvalue weighted by molar-refractivity contribution is 0.102. The quantitative estimate of drug-likeness (QED) is 0.687. The molecule has 7 heteroatoms. The molecular formula is C17H19ClN2O4. The zero-order chi connectivity index (χ0) is 17.9. The van der Waals surface area contributed by atoms with Crippen molar-refractivity contribution >= 4 is 29.4 Å². The zero-order valence-electron chi connectivity index (χ0n) is 13.2. The van der Waals surface area contributed by atoms with Crippen LogP contribution >= 0.6 is 11.6 Å². The van der Waals surface area contributed by atoms with Gasteiger partial charge in [-0.3, -0.25) is 4.79 Å². The lowest BCUT2D eigenvalue weighted by Crippen LogP contribution is -2.12. The van der Waals surface area contributed by atoms with Crippen LogP contribution < -0.4 is 5.32 Å². The molecule has 2 aromatic rings. The Balaban J connectivity index is 0.000000648. The Hall–Kier alpha value is -2.60. The Kier molecular flexibility index (Phi) is 8.29. The molecule has 2 rings (SSSR count). The molecule has 0 spiro atoms. The lowest BCUT2D eigenvalue weighted by atomic mass is 10.1. The smallest absolute Gasteiger partial charge is 0.450 e. The van der Waals surface area contributed by atoms with Gasteiger partial charge in [0.25, 0.3) is 5.91 Å². The molecule has 1 heterocycles. The van der Waals surface area contributed by atoms with Crippen LogP contribution in [0.1, 0.15) is 35.7 Å². The van der Waals surface area contributed by atoms with E-state index in [-0.39, 0.29) is 11.1 Å². The molecule has 0 atom stereocenters. The minimum Gasteiger partial charge on any atom is -0.450 e. The first kappa shape index (κ1) is 19.4. The highest BCUT2D eigenvalue weighted by atomic mass is 35.5. The van der Waals surface area contributed by atoms with Gasteiger partial charge in [0, 0.05) is 11.9 Å². The number of aromatic nitrogens is 1. The minimum atomic E-state index is -1.83. The monoisotopic (exact) mass is 350 g/mol. The number of nitrogens with one attached hydrogen (secondary N) is 1. The van der Waals surface area contributed by atoms with Crippen molar-refractivity contribution in [3.8, 4) is 0 Å². The molecule has 1 amide bonds. The molecule has 24 heavy (non-hydrogen) atoms. The molecule has 3 N–H and O–H groups in total. The molecule has 0 saturated heterocycles. The van der Waals surface area contributed by atoms with E-state index in [1.807, 2.05) is 24.3 Å². The van der Waals surface area contributed by atoms with Crippen molar-refractivity contribution in [2.45, 2.75) is 26.2 Å². The van der Waals surface area contributed by atoms with Gasteiger partial charge in [0.05, 0.1) is 5.56 Å². The van der Waals surface area contributed by atoms with Crippen LogP contribution in [-0.4, -0.2) is 27.3 Å². The number of carbonyl (C=O) groups is 2. The van der Waals surface area contributed by atoms with Gasteiger partial charge in [-0.25, -0.2) is 9.78 Å². The second kappa shape index (κ2) is 10.2. The number of hydrogen-bond donors (Lipinski definition) is 3. The van der Waals surface area contributed by atoms with E-state index in [0.717, 1.165) is 12.1 Å². The van der Waals surface area contributed by atoms with Crippen molar-refractivity contribution in [2.75, 3.05) is 5.32 Å². The summed E-state index contributed by atoms with van der Waals surface area (Å²) in [5, 5.41) is 17.0. The first-order valence-corrected chi connectivity index (χ1v) is 7.74. The van der Waals surface area contributed by atoms with Gasteiger partial charge in [-0.05, 0) is 42.7 Å². The predicted octanol–water partition coefficient (Wildman–Crippen LogP) is 4.55. The summed E-state index contributed by atoms with van der Waals surface area (Å²) >= 11 is 5.90. The first-order valence-electron chi connectivity index (χ1n) is 7.36. The average molecular weight is 351 g/mol. The van der Waals surface area contributed by atoms with E-state index in [2.05, 4.69) is 17.2 Å². The van der Waals surface area contributed by atoms with Crippen molar-refractivity contribution in [1.29, 1.82) is 0 Å². The van der Waals surface area contributed by atoms with E-state index in [1.165, 1.54) is 18.4 Å². The number of aryl methyl sites for hydroxylation is 1. The van der Waals surface area contributed by atoms with Crippen LogP contribution in [0.5, 0.6) is 0 Å². The van der Waals surface area contributed by atoms with Crippen LogP contribution in [0.15, 0.2) is 42.6 Å². The van der Waals surface area contributed by atoms with Crippen molar-refractivity contribution in [3.05, 3.63) is 58.9 Å². The van der Waals surface area contributed by atoms with Gasteiger partial charge in [0.1, 0.15) is 5.15 Å².